The molecule has 5 heterocycles. The van der Waals surface area contributed by atoms with Crippen molar-refractivity contribution >= 4 is 66.7 Å². The lowest BCUT2D eigenvalue weighted by atomic mass is 9.34. The first kappa shape index (κ1) is 56.4. The van der Waals surface area contributed by atoms with Crippen LogP contribution in [0.1, 0.15) is 0 Å². The van der Waals surface area contributed by atoms with Gasteiger partial charge in [0.25, 0.3) is 6.71 Å². The van der Waals surface area contributed by atoms with Crippen LogP contribution in [0.15, 0.2) is 358 Å². The smallest absolute Gasteiger partial charge is 0.252 e. The van der Waals surface area contributed by atoms with E-state index in [1.165, 1.54) is 71.2 Å². The van der Waals surface area contributed by atoms with Crippen molar-refractivity contribution in [2.24, 2.45) is 0 Å². The van der Waals surface area contributed by atoms with Crippen molar-refractivity contribution in [3.63, 3.8) is 0 Å². The number of fused-ring (bicyclic) bond motifs is 10. The van der Waals surface area contributed by atoms with E-state index in [1.807, 2.05) is 0 Å². The van der Waals surface area contributed by atoms with E-state index in [-0.39, 0.29) is 6.71 Å². The summed E-state index contributed by atoms with van der Waals surface area (Å²) < 4.78 is 5.24. The average molecular weight is 1260 g/mol. The van der Waals surface area contributed by atoms with Crippen molar-refractivity contribution < 1.29 is 0 Å². The highest BCUT2D eigenvalue weighted by molar-refractivity contribution is 7.00. The third-order valence-electron chi connectivity index (χ3n) is 20.6. The number of benzene rings is 15. The van der Waals surface area contributed by atoms with Crippen LogP contribution in [0.2, 0.25) is 0 Å². The molecule has 3 aromatic heterocycles. The predicted octanol–water partition coefficient (Wildman–Crippen LogP) is 22.2. The summed E-state index contributed by atoms with van der Waals surface area (Å²) in [6.07, 6.45) is 0. The standard InChI is InChI=1S/C94H59BN4/c1-9-27-60(28-10-1)68-47-69(61-29-11-2-12-30-61)50-74(49-68)83-59-84(75-51-70(62-31-13-3-14-32-62)48-71(52-75)63-33-15-4-16-34-63)97-94(96-83)76-57-87-91-88(58-76)99-86-56-73(65-37-19-6-20-38-65)54-80(67-41-23-8-24-42-67)90(86)78-44-26-46-82(93(78)99)95(91)81-45-25-43-77-89-79(66-39-21-7-22-40-66)53-72(64-35-17-5-18-36-64)55-85(89)98(87)92(77)81/h1-59H. The van der Waals surface area contributed by atoms with Crippen molar-refractivity contribution in [3.8, 4) is 134 Å². The molecule has 20 rings (SSSR count). The Hall–Kier alpha value is -13.0. The van der Waals surface area contributed by atoms with E-state index < -0.39 is 0 Å². The van der Waals surface area contributed by atoms with Gasteiger partial charge < -0.3 is 9.13 Å². The summed E-state index contributed by atoms with van der Waals surface area (Å²) in [5, 5.41) is 4.88. The third-order valence-corrected chi connectivity index (χ3v) is 20.6. The maximum atomic E-state index is 5.96. The highest BCUT2D eigenvalue weighted by atomic mass is 15.0. The minimum atomic E-state index is -0.135. The summed E-state index contributed by atoms with van der Waals surface area (Å²) >= 11 is 0. The minimum absolute atomic E-state index is 0.135. The number of hydrogen-bond acceptors (Lipinski definition) is 2. The molecular weight excluding hydrogens is 1200 g/mol. The number of rotatable bonds is 11. The highest BCUT2D eigenvalue weighted by Crippen LogP contribution is 2.48. The maximum Gasteiger partial charge on any atom is 0.252 e. The van der Waals surface area contributed by atoms with Crippen LogP contribution < -0.4 is 16.4 Å². The van der Waals surface area contributed by atoms with Crippen molar-refractivity contribution in [1.29, 1.82) is 0 Å². The van der Waals surface area contributed by atoms with Crippen LogP contribution in [-0.2, 0) is 0 Å². The molecule has 0 unspecified atom stereocenters. The maximum absolute atomic E-state index is 5.96. The fraction of sp³-hybridized carbons (Fsp3) is 0. The van der Waals surface area contributed by atoms with Crippen molar-refractivity contribution in [3.05, 3.63) is 358 Å². The normalized spacial score (nSPS) is 12.0. The molecule has 2 aliphatic rings. The largest absolute Gasteiger partial charge is 0.310 e. The average Bonchev–Trinajstić information content (AvgIpc) is 1.54. The Balaban J connectivity index is 0.938. The van der Waals surface area contributed by atoms with Gasteiger partial charge in [0.1, 0.15) is 0 Å². The van der Waals surface area contributed by atoms with Crippen LogP contribution in [0.25, 0.3) is 178 Å². The summed E-state index contributed by atoms with van der Waals surface area (Å²) in [5.41, 5.74) is 33.5. The van der Waals surface area contributed by atoms with E-state index in [2.05, 4.69) is 367 Å². The molecule has 0 atom stereocenters. The fourth-order valence-electron chi connectivity index (χ4n) is 16.2. The van der Waals surface area contributed by atoms with E-state index in [1.54, 1.807) is 0 Å². The van der Waals surface area contributed by atoms with Gasteiger partial charge in [-0.2, -0.15) is 0 Å². The van der Waals surface area contributed by atoms with Crippen LogP contribution in [-0.4, -0.2) is 25.8 Å². The number of nitrogens with zero attached hydrogens (tertiary/aromatic N) is 4. The van der Waals surface area contributed by atoms with Crippen LogP contribution >= 0.6 is 0 Å². The van der Waals surface area contributed by atoms with E-state index in [0.29, 0.717) is 5.82 Å². The Morgan fingerprint density at radius 1 is 0.222 bits per heavy atom. The number of para-hydroxylation sites is 2. The van der Waals surface area contributed by atoms with Gasteiger partial charge in [-0.3, -0.25) is 0 Å². The van der Waals surface area contributed by atoms with E-state index in [0.717, 1.165) is 117 Å². The van der Waals surface area contributed by atoms with Gasteiger partial charge >= 0.3 is 0 Å². The minimum Gasteiger partial charge on any atom is -0.310 e. The lowest BCUT2D eigenvalue weighted by molar-refractivity contribution is 1.13. The summed E-state index contributed by atoms with van der Waals surface area (Å²) in [6, 6.07) is 132. The van der Waals surface area contributed by atoms with Gasteiger partial charge in [0.2, 0.25) is 0 Å². The van der Waals surface area contributed by atoms with Crippen LogP contribution in [0, 0.1) is 0 Å². The van der Waals surface area contributed by atoms with Gasteiger partial charge in [0.15, 0.2) is 5.82 Å². The zero-order chi connectivity index (χ0) is 65.1. The van der Waals surface area contributed by atoms with Gasteiger partial charge in [0, 0.05) is 60.6 Å². The first-order valence-corrected chi connectivity index (χ1v) is 34.1. The van der Waals surface area contributed by atoms with Crippen molar-refractivity contribution in [1.82, 2.24) is 19.1 Å². The quantitative estimate of drug-likeness (QED) is 0.121. The van der Waals surface area contributed by atoms with Gasteiger partial charge in [0.05, 0.1) is 22.4 Å². The molecule has 458 valence electrons. The number of aromatic nitrogens is 4. The molecule has 4 nitrogen and oxygen atoms in total. The Kier molecular flexibility index (Phi) is 13.0. The molecule has 5 heteroatoms. The van der Waals surface area contributed by atoms with E-state index in [4.69, 9.17) is 9.97 Å². The second-order valence-corrected chi connectivity index (χ2v) is 26.3. The molecule has 15 aromatic carbocycles. The Bertz CT molecular complexity index is 5740. The molecule has 0 aliphatic carbocycles. The monoisotopic (exact) mass is 1250 g/mol. The number of hydrogen-bond donors (Lipinski definition) is 0. The van der Waals surface area contributed by atoms with Crippen LogP contribution in [0.3, 0.4) is 0 Å². The zero-order valence-electron chi connectivity index (χ0n) is 53.9. The Morgan fingerprint density at radius 2 is 0.515 bits per heavy atom. The van der Waals surface area contributed by atoms with Gasteiger partial charge in [-0.1, -0.05) is 279 Å². The predicted molar refractivity (Wildman–Crippen MR) is 415 cm³/mol. The molecule has 0 saturated heterocycles. The Morgan fingerprint density at radius 3 is 0.838 bits per heavy atom. The summed E-state index contributed by atoms with van der Waals surface area (Å²) in [4.78, 5) is 11.9. The second kappa shape index (κ2) is 22.9. The Labute approximate surface area is 574 Å². The van der Waals surface area contributed by atoms with Gasteiger partial charge in [-0.05, 0) is 184 Å². The molecule has 99 heavy (non-hydrogen) atoms. The molecule has 2 aliphatic heterocycles. The third kappa shape index (κ3) is 9.31. The molecule has 0 spiro atoms. The van der Waals surface area contributed by atoms with Crippen molar-refractivity contribution in [2.75, 3.05) is 0 Å². The SMILES string of the molecule is c1ccc(-c2cc(-c3ccccc3)cc(-c3cc(-c4cc(-c5ccccc5)cc(-c5ccccc5)c4)nc(-c4cc5c6c(c4)-n4c7cc(-c8ccccc8)cc(-c8ccccc8)c7c7cccc(c74)B6c4cccc6c7c(-c8ccccc8)cc(-c8ccccc8)cc7n-5c46)n3)c2)cc1. The molecule has 0 fully saturated rings. The molecule has 0 N–H and O–H groups in total. The van der Waals surface area contributed by atoms with Gasteiger partial charge in [-0.25, -0.2) is 9.97 Å². The van der Waals surface area contributed by atoms with Crippen LogP contribution in [0.4, 0.5) is 0 Å². The zero-order valence-corrected chi connectivity index (χ0v) is 53.9. The first-order valence-electron chi connectivity index (χ1n) is 34.1. The second-order valence-electron chi connectivity index (χ2n) is 26.3. The lowest BCUT2D eigenvalue weighted by Gasteiger charge is -2.34. The fourth-order valence-corrected chi connectivity index (χ4v) is 16.2. The molecule has 0 bridgehead atoms. The van der Waals surface area contributed by atoms with Gasteiger partial charge in [-0.15, -0.1) is 0 Å². The summed E-state index contributed by atoms with van der Waals surface area (Å²) in [7, 11) is 0. The van der Waals surface area contributed by atoms with E-state index >= 15 is 0 Å². The molecule has 18 aromatic rings. The molecule has 0 radical (unpaired) electrons. The van der Waals surface area contributed by atoms with Crippen LogP contribution in [0.5, 0.6) is 0 Å². The molecule has 0 saturated carbocycles. The first-order chi connectivity index (χ1) is 49.1. The summed E-state index contributed by atoms with van der Waals surface area (Å²) in [6.45, 7) is -0.135. The lowest BCUT2D eigenvalue weighted by Crippen LogP contribution is -2.59. The topological polar surface area (TPSA) is 35.6 Å². The van der Waals surface area contributed by atoms with E-state index in [9.17, 15) is 0 Å². The molecular formula is C94H59BN4. The summed E-state index contributed by atoms with van der Waals surface area (Å²) in [5.74, 6) is 0.624. The molecule has 0 amide bonds. The highest BCUT2D eigenvalue weighted by Gasteiger charge is 2.42. The van der Waals surface area contributed by atoms with Crippen molar-refractivity contribution in [2.45, 2.75) is 0 Å².